The number of halogens is 1. The smallest absolute Gasteiger partial charge is 0.276 e. The maximum atomic E-state index is 13.3. The summed E-state index contributed by atoms with van der Waals surface area (Å²) >= 11 is 3.49. The van der Waals surface area contributed by atoms with Crippen LogP contribution >= 0.6 is 15.9 Å². The zero-order valence-corrected chi connectivity index (χ0v) is 16.0. The maximum Gasteiger partial charge on any atom is 0.276 e. The van der Waals surface area contributed by atoms with Gasteiger partial charge in [0.2, 0.25) is 0 Å². The number of ether oxygens (including phenoxy) is 1. The Bertz CT molecular complexity index is 991. The largest absolute Gasteiger partial charge is 0.469 e. The molecule has 2 aliphatic rings. The number of rotatable bonds is 3. The molecule has 3 aromatic carbocycles. The zero-order valence-electron chi connectivity index (χ0n) is 14.5. The first kappa shape index (κ1) is 16.4. The highest BCUT2D eigenvalue weighted by atomic mass is 79.9. The van der Waals surface area contributed by atoms with Gasteiger partial charge in [-0.1, -0.05) is 52.3 Å². The van der Waals surface area contributed by atoms with Gasteiger partial charge in [-0.15, -0.1) is 0 Å². The molecule has 2 atom stereocenters. The van der Waals surface area contributed by atoms with Crippen LogP contribution in [0.5, 0.6) is 5.75 Å². The van der Waals surface area contributed by atoms with Crippen molar-refractivity contribution in [1.29, 1.82) is 0 Å². The van der Waals surface area contributed by atoms with Crippen molar-refractivity contribution in [3.63, 3.8) is 0 Å². The van der Waals surface area contributed by atoms with Gasteiger partial charge in [-0.25, -0.2) is 5.01 Å². The third-order valence-corrected chi connectivity index (χ3v) is 5.62. The normalized spacial score (nSPS) is 20.6. The van der Waals surface area contributed by atoms with E-state index < -0.39 is 0 Å². The van der Waals surface area contributed by atoms with Crippen LogP contribution < -0.4 is 9.75 Å². The van der Waals surface area contributed by atoms with Gasteiger partial charge in [-0.3, -0.25) is 9.80 Å². The van der Waals surface area contributed by atoms with E-state index >= 15 is 0 Å². The summed E-state index contributed by atoms with van der Waals surface area (Å²) in [6.07, 6.45) is 0.370. The maximum absolute atomic E-state index is 13.3. The minimum atomic E-state index is -0.346. The fraction of sp³-hybridized carbons (Fsp3) is 0.136. The van der Waals surface area contributed by atoms with Crippen molar-refractivity contribution in [2.45, 2.75) is 18.7 Å². The first-order valence-electron chi connectivity index (χ1n) is 8.91. The van der Waals surface area contributed by atoms with E-state index in [1.54, 1.807) is 5.01 Å². The van der Waals surface area contributed by atoms with Crippen LogP contribution in [0.15, 0.2) is 83.3 Å². The SMILES string of the molecule is O=C1c2ccccc2[C@H]2C[C@@H](Oc3ccccc3)N1N2c1ccc(Br)cc1. The molecule has 3 aromatic rings. The van der Waals surface area contributed by atoms with Crippen molar-refractivity contribution in [3.8, 4) is 5.75 Å². The van der Waals surface area contributed by atoms with Gasteiger partial charge in [0.15, 0.2) is 6.23 Å². The van der Waals surface area contributed by atoms with Crippen molar-refractivity contribution in [3.05, 3.63) is 94.5 Å². The molecule has 0 aliphatic carbocycles. The lowest BCUT2D eigenvalue weighted by Crippen LogP contribution is -2.50. The van der Waals surface area contributed by atoms with E-state index in [4.69, 9.17) is 4.74 Å². The monoisotopic (exact) mass is 420 g/mol. The topological polar surface area (TPSA) is 32.8 Å². The quantitative estimate of drug-likeness (QED) is 0.585. The number of carbonyl (C=O) groups excluding carboxylic acids is 1. The molecule has 0 N–H and O–H groups in total. The van der Waals surface area contributed by atoms with Crippen LogP contribution in [-0.4, -0.2) is 17.1 Å². The van der Waals surface area contributed by atoms with Gasteiger partial charge < -0.3 is 4.74 Å². The Morgan fingerprint density at radius 3 is 2.33 bits per heavy atom. The van der Waals surface area contributed by atoms with Crippen LogP contribution in [0.3, 0.4) is 0 Å². The Kier molecular flexibility index (Phi) is 3.90. The number of hydrazine groups is 1. The molecule has 5 heteroatoms. The van der Waals surface area contributed by atoms with Crippen LogP contribution in [0.25, 0.3) is 0 Å². The molecule has 5 rings (SSSR count). The molecular weight excluding hydrogens is 404 g/mol. The van der Waals surface area contributed by atoms with Gasteiger partial charge in [0.05, 0.1) is 11.7 Å². The van der Waals surface area contributed by atoms with Gasteiger partial charge in [0.1, 0.15) is 5.75 Å². The number of para-hydroxylation sites is 1. The molecule has 1 fully saturated rings. The van der Waals surface area contributed by atoms with Gasteiger partial charge >= 0.3 is 0 Å². The second-order valence-corrected chi connectivity index (χ2v) is 7.61. The molecule has 0 radical (unpaired) electrons. The molecule has 2 aliphatic heterocycles. The van der Waals surface area contributed by atoms with Crippen molar-refractivity contribution in [2.24, 2.45) is 0 Å². The molecule has 0 unspecified atom stereocenters. The summed E-state index contributed by atoms with van der Waals surface area (Å²) in [5.41, 5.74) is 2.79. The van der Waals surface area contributed by atoms with Crippen LogP contribution in [0.1, 0.15) is 28.4 Å². The lowest BCUT2D eigenvalue weighted by molar-refractivity contribution is 0.0355. The Morgan fingerprint density at radius 1 is 0.852 bits per heavy atom. The number of anilines is 1. The summed E-state index contributed by atoms with van der Waals surface area (Å²) < 4.78 is 7.23. The minimum absolute atomic E-state index is 0.0248. The summed E-state index contributed by atoms with van der Waals surface area (Å²) in [6, 6.07) is 25.6. The Morgan fingerprint density at radius 2 is 1.56 bits per heavy atom. The molecule has 2 heterocycles. The number of hydrogen-bond donors (Lipinski definition) is 0. The number of fused-ring (bicyclic) bond motifs is 4. The minimum Gasteiger partial charge on any atom is -0.469 e. The predicted molar refractivity (Wildman–Crippen MR) is 107 cm³/mol. The van der Waals surface area contributed by atoms with Crippen molar-refractivity contribution in [2.75, 3.05) is 5.01 Å². The first-order valence-corrected chi connectivity index (χ1v) is 9.70. The Labute approximate surface area is 166 Å². The van der Waals surface area contributed by atoms with E-state index in [-0.39, 0.29) is 18.2 Å². The standard InChI is InChI=1S/C22H17BrN2O2/c23-15-10-12-16(13-11-15)24-20-14-21(27-17-6-2-1-3-7-17)25(24)22(26)19-9-5-4-8-18(19)20/h1-13,20-21H,14H2/t20-,21-/m1/s1. The average molecular weight is 421 g/mol. The van der Waals surface area contributed by atoms with Crippen molar-refractivity contribution < 1.29 is 9.53 Å². The highest BCUT2D eigenvalue weighted by Crippen LogP contribution is 2.46. The molecule has 2 bridgehead atoms. The first-order chi connectivity index (χ1) is 13.2. The summed E-state index contributed by atoms with van der Waals surface area (Å²) in [4.78, 5) is 13.3. The molecule has 0 saturated carbocycles. The number of hydrogen-bond acceptors (Lipinski definition) is 3. The molecule has 134 valence electrons. The summed E-state index contributed by atoms with van der Waals surface area (Å²) in [5.74, 6) is 0.742. The fourth-order valence-electron chi connectivity index (χ4n) is 3.93. The fourth-order valence-corrected chi connectivity index (χ4v) is 4.19. The third-order valence-electron chi connectivity index (χ3n) is 5.09. The van der Waals surface area contributed by atoms with E-state index in [1.165, 1.54) is 0 Å². The Balaban J connectivity index is 1.59. The molecular formula is C22H17BrN2O2. The highest BCUT2D eigenvalue weighted by Gasteiger charge is 2.50. The van der Waals surface area contributed by atoms with E-state index in [1.807, 2.05) is 78.9 Å². The van der Waals surface area contributed by atoms with Crippen LogP contribution in [-0.2, 0) is 0 Å². The second-order valence-electron chi connectivity index (χ2n) is 6.70. The van der Waals surface area contributed by atoms with Crippen LogP contribution in [0, 0.1) is 0 Å². The van der Waals surface area contributed by atoms with Gasteiger partial charge in [-0.05, 0) is 48.0 Å². The summed E-state index contributed by atoms with van der Waals surface area (Å²) in [6.45, 7) is 0. The second kappa shape index (κ2) is 6.43. The number of nitrogens with zero attached hydrogens (tertiary/aromatic N) is 2. The van der Waals surface area contributed by atoms with Crippen LogP contribution in [0.4, 0.5) is 5.69 Å². The van der Waals surface area contributed by atoms with Gasteiger partial charge in [0.25, 0.3) is 5.91 Å². The van der Waals surface area contributed by atoms with E-state index in [0.29, 0.717) is 6.42 Å². The predicted octanol–water partition coefficient (Wildman–Crippen LogP) is 5.18. The molecule has 4 nitrogen and oxygen atoms in total. The Hall–Kier alpha value is -2.79. The molecule has 0 aromatic heterocycles. The van der Waals surface area contributed by atoms with Gasteiger partial charge in [0, 0.05) is 16.5 Å². The average Bonchev–Trinajstić information content (AvgIpc) is 3.02. The zero-order chi connectivity index (χ0) is 18.4. The molecule has 1 saturated heterocycles. The van der Waals surface area contributed by atoms with Crippen molar-refractivity contribution >= 4 is 27.5 Å². The van der Waals surface area contributed by atoms with Gasteiger partial charge in [-0.2, -0.15) is 0 Å². The third kappa shape index (κ3) is 2.70. The van der Waals surface area contributed by atoms with Crippen molar-refractivity contribution in [1.82, 2.24) is 5.01 Å². The van der Waals surface area contributed by atoms with E-state index in [2.05, 4.69) is 20.9 Å². The molecule has 27 heavy (non-hydrogen) atoms. The summed E-state index contributed by atoms with van der Waals surface area (Å²) in [7, 11) is 0. The lowest BCUT2D eigenvalue weighted by Gasteiger charge is -2.40. The molecule has 1 amide bonds. The molecule has 0 spiro atoms. The number of carbonyl (C=O) groups is 1. The van der Waals surface area contributed by atoms with E-state index in [0.717, 1.165) is 27.0 Å². The lowest BCUT2D eigenvalue weighted by atomic mass is 9.97. The van der Waals surface area contributed by atoms with Crippen LogP contribution in [0.2, 0.25) is 0 Å². The number of benzene rings is 3. The summed E-state index contributed by atoms with van der Waals surface area (Å²) in [5, 5.41) is 3.84. The van der Waals surface area contributed by atoms with E-state index in [9.17, 15) is 4.79 Å². The number of amides is 1. The highest BCUT2D eigenvalue weighted by molar-refractivity contribution is 9.10.